The fraction of sp³-hybridized carbons (Fsp3) is 0.385. The second-order valence-electron chi connectivity index (χ2n) is 4.03. The SMILES string of the molecule is Nc1ccc(CC2=CCCCC2)cc1. The molecule has 0 aliphatic heterocycles. The second kappa shape index (κ2) is 4.32. The number of rotatable bonds is 2. The molecular formula is C13H17N. The summed E-state index contributed by atoms with van der Waals surface area (Å²) in [6.45, 7) is 0. The predicted molar refractivity (Wildman–Crippen MR) is 61.1 cm³/mol. The average Bonchev–Trinajstić information content (AvgIpc) is 2.23. The number of hydrogen-bond acceptors (Lipinski definition) is 1. The van der Waals surface area contributed by atoms with Gasteiger partial charge in [0.25, 0.3) is 0 Å². The van der Waals surface area contributed by atoms with E-state index < -0.39 is 0 Å². The molecule has 0 fully saturated rings. The lowest BCUT2D eigenvalue weighted by Crippen LogP contribution is -1.96. The fourth-order valence-corrected chi connectivity index (χ4v) is 1.96. The molecule has 0 saturated heterocycles. The summed E-state index contributed by atoms with van der Waals surface area (Å²) in [6, 6.07) is 8.23. The Morgan fingerprint density at radius 1 is 1.07 bits per heavy atom. The highest BCUT2D eigenvalue weighted by molar-refractivity contribution is 5.40. The van der Waals surface area contributed by atoms with Gasteiger partial charge in [-0.3, -0.25) is 0 Å². The fourth-order valence-electron chi connectivity index (χ4n) is 1.96. The van der Waals surface area contributed by atoms with Crippen molar-refractivity contribution < 1.29 is 0 Å². The Morgan fingerprint density at radius 2 is 1.86 bits per heavy atom. The maximum Gasteiger partial charge on any atom is 0.0314 e. The van der Waals surface area contributed by atoms with E-state index in [1.165, 1.54) is 31.2 Å². The van der Waals surface area contributed by atoms with Crippen LogP contribution in [-0.2, 0) is 6.42 Å². The van der Waals surface area contributed by atoms with Crippen LogP contribution in [0.3, 0.4) is 0 Å². The zero-order valence-corrected chi connectivity index (χ0v) is 8.50. The van der Waals surface area contributed by atoms with Crippen molar-refractivity contribution in [1.29, 1.82) is 0 Å². The Balaban J connectivity index is 2.03. The number of benzene rings is 1. The highest BCUT2D eigenvalue weighted by atomic mass is 14.5. The molecule has 0 bridgehead atoms. The van der Waals surface area contributed by atoms with Crippen molar-refractivity contribution in [2.24, 2.45) is 0 Å². The van der Waals surface area contributed by atoms with E-state index in [4.69, 9.17) is 5.73 Å². The number of anilines is 1. The van der Waals surface area contributed by atoms with E-state index in [1.54, 1.807) is 5.57 Å². The van der Waals surface area contributed by atoms with Gasteiger partial charge in [-0.2, -0.15) is 0 Å². The van der Waals surface area contributed by atoms with Crippen LogP contribution in [0.5, 0.6) is 0 Å². The van der Waals surface area contributed by atoms with Crippen molar-refractivity contribution in [3.63, 3.8) is 0 Å². The molecule has 0 heterocycles. The molecule has 0 spiro atoms. The minimum Gasteiger partial charge on any atom is -0.399 e. The Labute approximate surface area is 85.6 Å². The first-order valence-corrected chi connectivity index (χ1v) is 5.37. The van der Waals surface area contributed by atoms with Gasteiger partial charge >= 0.3 is 0 Å². The summed E-state index contributed by atoms with van der Waals surface area (Å²) >= 11 is 0. The molecule has 1 aromatic rings. The van der Waals surface area contributed by atoms with Gasteiger partial charge in [-0.25, -0.2) is 0 Å². The van der Waals surface area contributed by atoms with Crippen molar-refractivity contribution >= 4 is 5.69 Å². The van der Waals surface area contributed by atoms with Crippen LogP contribution in [0.2, 0.25) is 0 Å². The lowest BCUT2D eigenvalue weighted by molar-refractivity contribution is 0.688. The van der Waals surface area contributed by atoms with Gasteiger partial charge in [0.05, 0.1) is 0 Å². The van der Waals surface area contributed by atoms with Crippen LogP contribution in [0.1, 0.15) is 31.2 Å². The number of hydrogen-bond donors (Lipinski definition) is 1. The average molecular weight is 187 g/mol. The summed E-state index contributed by atoms with van der Waals surface area (Å²) in [5, 5.41) is 0. The normalized spacial score (nSPS) is 16.4. The molecule has 1 heteroatoms. The van der Waals surface area contributed by atoms with Crippen LogP contribution in [0.4, 0.5) is 5.69 Å². The zero-order valence-electron chi connectivity index (χ0n) is 8.50. The quantitative estimate of drug-likeness (QED) is 0.558. The topological polar surface area (TPSA) is 26.0 Å². The van der Waals surface area contributed by atoms with Gasteiger partial charge in [-0.05, 0) is 49.8 Å². The number of nitrogens with two attached hydrogens (primary N) is 1. The van der Waals surface area contributed by atoms with E-state index in [2.05, 4.69) is 18.2 Å². The Morgan fingerprint density at radius 3 is 2.50 bits per heavy atom. The van der Waals surface area contributed by atoms with E-state index >= 15 is 0 Å². The monoisotopic (exact) mass is 187 g/mol. The van der Waals surface area contributed by atoms with Gasteiger partial charge in [-0.1, -0.05) is 23.8 Å². The van der Waals surface area contributed by atoms with Crippen LogP contribution in [0, 0.1) is 0 Å². The van der Waals surface area contributed by atoms with E-state index in [1.807, 2.05) is 12.1 Å². The lowest BCUT2D eigenvalue weighted by atomic mass is 9.94. The minimum atomic E-state index is 0.853. The third-order valence-electron chi connectivity index (χ3n) is 2.80. The molecule has 1 nitrogen and oxygen atoms in total. The van der Waals surface area contributed by atoms with Crippen LogP contribution in [-0.4, -0.2) is 0 Å². The summed E-state index contributed by atoms with van der Waals surface area (Å²) in [6.07, 6.45) is 8.79. The minimum absolute atomic E-state index is 0.853. The largest absolute Gasteiger partial charge is 0.399 e. The first-order valence-electron chi connectivity index (χ1n) is 5.37. The van der Waals surface area contributed by atoms with Crippen molar-refractivity contribution in [2.45, 2.75) is 32.1 Å². The summed E-state index contributed by atoms with van der Waals surface area (Å²) < 4.78 is 0. The molecular weight excluding hydrogens is 170 g/mol. The van der Waals surface area contributed by atoms with Gasteiger partial charge in [-0.15, -0.1) is 0 Å². The van der Waals surface area contributed by atoms with Gasteiger partial charge in [0.2, 0.25) is 0 Å². The molecule has 2 rings (SSSR count). The van der Waals surface area contributed by atoms with Crippen molar-refractivity contribution in [3.8, 4) is 0 Å². The van der Waals surface area contributed by atoms with Gasteiger partial charge < -0.3 is 5.73 Å². The third-order valence-corrected chi connectivity index (χ3v) is 2.80. The highest BCUT2D eigenvalue weighted by Gasteiger charge is 2.04. The number of allylic oxidation sites excluding steroid dienone is 2. The van der Waals surface area contributed by atoms with Gasteiger partial charge in [0.1, 0.15) is 0 Å². The van der Waals surface area contributed by atoms with Crippen molar-refractivity contribution in [1.82, 2.24) is 0 Å². The molecule has 0 radical (unpaired) electrons. The molecule has 2 N–H and O–H groups in total. The van der Waals surface area contributed by atoms with Crippen LogP contribution < -0.4 is 5.73 Å². The molecule has 14 heavy (non-hydrogen) atoms. The zero-order chi connectivity index (χ0) is 9.80. The van der Waals surface area contributed by atoms with Crippen molar-refractivity contribution in [2.75, 3.05) is 5.73 Å². The van der Waals surface area contributed by atoms with Crippen LogP contribution in [0.25, 0.3) is 0 Å². The smallest absolute Gasteiger partial charge is 0.0314 e. The van der Waals surface area contributed by atoms with Gasteiger partial charge in [0, 0.05) is 5.69 Å². The third kappa shape index (κ3) is 2.38. The molecule has 1 aromatic carbocycles. The van der Waals surface area contributed by atoms with Gasteiger partial charge in [0.15, 0.2) is 0 Å². The molecule has 0 aromatic heterocycles. The second-order valence-corrected chi connectivity index (χ2v) is 4.03. The van der Waals surface area contributed by atoms with E-state index in [-0.39, 0.29) is 0 Å². The molecule has 1 aliphatic carbocycles. The Kier molecular flexibility index (Phi) is 2.87. The molecule has 0 saturated carbocycles. The maximum absolute atomic E-state index is 5.65. The summed E-state index contributed by atoms with van der Waals surface area (Å²) in [7, 11) is 0. The summed E-state index contributed by atoms with van der Waals surface area (Å²) in [5.74, 6) is 0. The molecule has 74 valence electrons. The first-order chi connectivity index (χ1) is 6.84. The van der Waals surface area contributed by atoms with E-state index in [9.17, 15) is 0 Å². The molecule has 1 aliphatic rings. The predicted octanol–water partition coefficient (Wildman–Crippen LogP) is 3.31. The molecule has 0 amide bonds. The first kappa shape index (κ1) is 9.32. The summed E-state index contributed by atoms with van der Waals surface area (Å²) in [5.41, 5.74) is 9.48. The van der Waals surface area contributed by atoms with Crippen LogP contribution >= 0.6 is 0 Å². The Bertz CT molecular complexity index is 322. The highest BCUT2D eigenvalue weighted by Crippen LogP contribution is 2.21. The summed E-state index contributed by atoms with van der Waals surface area (Å²) in [4.78, 5) is 0. The lowest BCUT2D eigenvalue weighted by Gasteiger charge is -2.12. The number of nitrogen functional groups attached to an aromatic ring is 1. The van der Waals surface area contributed by atoms with Crippen molar-refractivity contribution in [3.05, 3.63) is 41.5 Å². The van der Waals surface area contributed by atoms with E-state index in [0.717, 1.165) is 12.1 Å². The standard InChI is InChI=1S/C13H17N/c14-13-8-6-12(7-9-13)10-11-4-2-1-3-5-11/h4,6-9H,1-3,5,10,14H2. The molecule has 0 atom stereocenters. The molecule has 0 unspecified atom stereocenters. The van der Waals surface area contributed by atoms with E-state index in [0.29, 0.717) is 0 Å². The Hall–Kier alpha value is -1.24. The maximum atomic E-state index is 5.65. The van der Waals surface area contributed by atoms with Crippen LogP contribution in [0.15, 0.2) is 35.9 Å².